The van der Waals surface area contributed by atoms with E-state index >= 15 is 0 Å². The summed E-state index contributed by atoms with van der Waals surface area (Å²) in [5.74, 6) is 0.491. The van der Waals surface area contributed by atoms with Gasteiger partial charge in [-0.05, 0) is 24.3 Å². The molecule has 1 aromatic carbocycles. The van der Waals surface area contributed by atoms with Crippen LogP contribution in [0.2, 0.25) is 0 Å². The van der Waals surface area contributed by atoms with Gasteiger partial charge in [0, 0.05) is 53.4 Å². The van der Waals surface area contributed by atoms with Crippen LogP contribution in [0.5, 0.6) is 0 Å². The van der Waals surface area contributed by atoms with Crippen LogP contribution in [-0.2, 0) is 4.74 Å². The van der Waals surface area contributed by atoms with Crippen molar-refractivity contribution in [2.24, 2.45) is 0 Å². The Kier molecular flexibility index (Phi) is 5.96. The number of fused-ring (bicyclic) bond motifs is 5. The van der Waals surface area contributed by atoms with Crippen LogP contribution in [0, 0.1) is 0 Å². The molecule has 6 rings (SSSR count). The number of nitrogens with zero attached hydrogens (tertiary/aromatic N) is 6. The van der Waals surface area contributed by atoms with Crippen molar-refractivity contribution in [3.63, 3.8) is 0 Å². The Balaban J connectivity index is 1.47. The summed E-state index contributed by atoms with van der Waals surface area (Å²) in [7, 11) is 3.43. The number of benzene rings is 1. The molecular weight excluding hydrogens is 492 g/mol. The highest BCUT2D eigenvalue weighted by atomic mass is 32.1. The molecule has 3 amide bonds. The molecule has 0 aliphatic carbocycles. The summed E-state index contributed by atoms with van der Waals surface area (Å²) in [6.45, 7) is 4.35. The number of anilines is 1. The Labute approximate surface area is 217 Å². The van der Waals surface area contributed by atoms with Gasteiger partial charge >= 0.3 is 6.03 Å². The van der Waals surface area contributed by atoms with Gasteiger partial charge in [-0.2, -0.15) is 0 Å². The standard InChI is InChI=1S/C26H28N6O4S/c1-28(2)26(35)31-11-9-30(10-12-31)24(34)21-22(33)17-7-8-20(29-13-15-36-16-14-29)27-23(17)32-18-5-3-4-6-19(18)37-25(21)32/h3-8H,9-16H2,1-2H3. The SMILES string of the molecule is CN(C)C(=O)N1CCN(C(=O)c2c(=O)c3ccc(N4CCOCC4)nc3n3c2sc2ccccc23)CC1. The number of amides is 3. The van der Waals surface area contributed by atoms with E-state index in [0.717, 1.165) is 29.1 Å². The van der Waals surface area contributed by atoms with E-state index in [1.807, 2.05) is 34.7 Å². The molecule has 37 heavy (non-hydrogen) atoms. The third kappa shape index (κ3) is 3.98. The van der Waals surface area contributed by atoms with Crippen molar-refractivity contribution in [3.05, 3.63) is 52.2 Å². The Morgan fingerprint density at radius 1 is 0.946 bits per heavy atom. The van der Waals surface area contributed by atoms with Crippen molar-refractivity contribution in [2.45, 2.75) is 0 Å². The first-order valence-electron chi connectivity index (χ1n) is 12.4. The van der Waals surface area contributed by atoms with Crippen LogP contribution in [0.25, 0.3) is 26.1 Å². The van der Waals surface area contributed by atoms with Crippen molar-refractivity contribution in [1.82, 2.24) is 24.1 Å². The molecule has 3 aromatic heterocycles. The minimum Gasteiger partial charge on any atom is -0.378 e. The van der Waals surface area contributed by atoms with Gasteiger partial charge in [0.15, 0.2) is 5.65 Å². The largest absolute Gasteiger partial charge is 0.378 e. The molecule has 0 N–H and O–H groups in total. The Bertz CT molecular complexity index is 1580. The predicted molar refractivity (Wildman–Crippen MR) is 144 cm³/mol. The number of aromatic nitrogens is 2. The van der Waals surface area contributed by atoms with Crippen molar-refractivity contribution >= 4 is 55.2 Å². The van der Waals surface area contributed by atoms with Crippen molar-refractivity contribution < 1.29 is 14.3 Å². The fourth-order valence-electron chi connectivity index (χ4n) is 5.08. The van der Waals surface area contributed by atoms with E-state index in [0.29, 0.717) is 55.3 Å². The zero-order chi connectivity index (χ0) is 25.7. The summed E-state index contributed by atoms with van der Waals surface area (Å²) in [6, 6.07) is 11.5. The van der Waals surface area contributed by atoms with Gasteiger partial charge in [-0.1, -0.05) is 12.1 Å². The molecule has 2 aliphatic heterocycles. The number of pyridine rings is 2. The smallest absolute Gasteiger partial charge is 0.319 e. The average molecular weight is 521 g/mol. The molecule has 0 unspecified atom stereocenters. The van der Waals surface area contributed by atoms with Gasteiger partial charge in [-0.15, -0.1) is 11.3 Å². The maximum absolute atomic E-state index is 13.9. The molecule has 0 saturated carbocycles. The van der Waals surface area contributed by atoms with Crippen LogP contribution in [0.3, 0.4) is 0 Å². The molecule has 5 heterocycles. The van der Waals surface area contributed by atoms with Gasteiger partial charge in [-0.3, -0.25) is 14.0 Å². The number of ether oxygens (including phenoxy) is 1. The lowest BCUT2D eigenvalue weighted by molar-refractivity contribution is 0.0651. The fraction of sp³-hybridized carbons (Fsp3) is 0.385. The number of morpholine rings is 1. The minimum atomic E-state index is -0.306. The second kappa shape index (κ2) is 9.31. The van der Waals surface area contributed by atoms with Crippen molar-refractivity contribution in [1.29, 1.82) is 0 Å². The van der Waals surface area contributed by atoms with Gasteiger partial charge in [0.05, 0.1) is 28.8 Å². The van der Waals surface area contributed by atoms with E-state index < -0.39 is 0 Å². The first-order chi connectivity index (χ1) is 17.9. The number of carbonyl (C=O) groups is 2. The topological polar surface area (TPSA) is 90.7 Å². The maximum atomic E-state index is 13.9. The molecule has 11 heteroatoms. The lowest BCUT2D eigenvalue weighted by atomic mass is 10.1. The third-order valence-electron chi connectivity index (χ3n) is 7.04. The number of carbonyl (C=O) groups excluding carboxylic acids is 2. The molecule has 2 fully saturated rings. The number of rotatable bonds is 2. The minimum absolute atomic E-state index is 0.0769. The van der Waals surface area contributed by atoms with Gasteiger partial charge < -0.3 is 24.3 Å². The normalized spacial score (nSPS) is 16.6. The molecule has 0 spiro atoms. The molecule has 2 aliphatic rings. The predicted octanol–water partition coefficient (Wildman–Crippen LogP) is 2.34. The van der Waals surface area contributed by atoms with E-state index in [9.17, 15) is 14.4 Å². The summed E-state index contributed by atoms with van der Waals surface area (Å²) in [4.78, 5) is 52.7. The Morgan fingerprint density at radius 3 is 2.38 bits per heavy atom. The summed E-state index contributed by atoms with van der Waals surface area (Å²) >= 11 is 1.43. The number of para-hydroxylation sites is 1. The highest BCUT2D eigenvalue weighted by Crippen LogP contribution is 2.32. The van der Waals surface area contributed by atoms with Gasteiger partial charge in [0.2, 0.25) is 5.43 Å². The Hall–Kier alpha value is -3.70. The summed E-state index contributed by atoms with van der Waals surface area (Å²) in [6.07, 6.45) is 0. The molecule has 10 nitrogen and oxygen atoms in total. The lowest BCUT2D eigenvalue weighted by Crippen LogP contribution is -2.53. The molecule has 0 bridgehead atoms. The monoisotopic (exact) mass is 520 g/mol. The van der Waals surface area contributed by atoms with E-state index in [1.165, 1.54) is 16.2 Å². The fourth-order valence-corrected chi connectivity index (χ4v) is 6.25. The van der Waals surface area contributed by atoms with E-state index in [2.05, 4.69) is 4.90 Å². The van der Waals surface area contributed by atoms with Crippen molar-refractivity contribution in [3.8, 4) is 0 Å². The summed E-state index contributed by atoms with van der Waals surface area (Å²) < 4.78 is 8.42. The summed E-state index contributed by atoms with van der Waals surface area (Å²) in [5.41, 5.74) is 1.33. The Morgan fingerprint density at radius 2 is 1.65 bits per heavy atom. The molecule has 2 saturated heterocycles. The van der Waals surface area contributed by atoms with Crippen LogP contribution in [0.1, 0.15) is 10.4 Å². The van der Waals surface area contributed by atoms with Gasteiger partial charge in [-0.25, -0.2) is 9.78 Å². The number of hydrogen-bond donors (Lipinski definition) is 0. The summed E-state index contributed by atoms with van der Waals surface area (Å²) in [5, 5.41) is 0.419. The zero-order valence-electron chi connectivity index (χ0n) is 20.8. The number of urea groups is 1. The van der Waals surface area contributed by atoms with E-state index in [1.54, 1.807) is 30.0 Å². The average Bonchev–Trinajstić information content (AvgIpc) is 3.32. The van der Waals surface area contributed by atoms with Crippen LogP contribution < -0.4 is 10.3 Å². The van der Waals surface area contributed by atoms with Gasteiger partial charge in [0.25, 0.3) is 5.91 Å². The molecule has 192 valence electrons. The highest BCUT2D eigenvalue weighted by molar-refractivity contribution is 7.24. The van der Waals surface area contributed by atoms with E-state index in [-0.39, 0.29) is 22.9 Å². The van der Waals surface area contributed by atoms with Crippen LogP contribution in [0.15, 0.2) is 41.2 Å². The van der Waals surface area contributed by atoms with Gasteiger partial charge in [0.1, 0.15) is 16.2 Å². The molecule has 0 atom stereocenters. The highest BCUT2D eigenvalue weighted by Gasteiger charge is 2.30. The second-order valence-electron chi connectivity index (χ2n) is 9.51. The number of hydrogen-bond acceptors (Lipinski definition) is 7. The first kappa shape index (κ1) is 23.7. The molecule has 4 aromatic rings. The first-order valence-corrected chi connectivity index (χ1v) is 13.2. The van der Waals surface area contributed by atoms with Crippen molar-refractivity contribution in [2.75, 3.05) is 71.5 Å². The lowest BCUT2D eigenvalue weighted by Gasteiger charge is -2.35. The maximum Gasteiger partial charge on any atom is 0.319 e. The second-order valence-corrected chi connectivity index (χ2v) is 10.5. The number of piperazine rings is 1. The van der Waals surface area contributed by atoms with Crippen LogP contribution >= 0.6 is 11.3 Å². The van der Waals surface area contributed by atoms with E-state index in [4.69, 9.17) is 9.72 Å². The quantitative estimate of drug-likeness (QED) is 0.403. The molecule has 0 radical (unpaired) electrons. The number of thiazole rings is 1. The van der Waals surface area contributed by atoms with Crippen LogP contribution in [0.4, 0.5) is 10.6 Å². The zero-order valence-corrected chi connectivity index (χ0v) is 21.7. The molecular formula is C26H28N6O4S. The third-order valence-corrected chi connectivity index (χ3v) is 8.19. The van der Waals surface area contributed by atoms with Crippen LogP contribution in [-0.4, -0.2) is 103 Å².